The molecule has 0 unspecified atom stereocenters. The Balaban J connectivity index is 1.47. The number of rotatable bonds is 5. The molecule has 0 N–H and O–H groups in total. The lowest BCUT2D eigenvalue weighted by atomic mass is 9.82. The van der Waals surface area contributed by atoms with Crippen LogP contribution in [0.5, 0.6) is 0 Å². The minimum absolute atomic E-state index is 0.233. The monoisotopic (exact) mass is 371 g/mol. The van der Waals surface area contributed by atoms with Gasteiger partial charge in [-0.2, -0.15) is 24.9 Å². The maximum Gasteiger partial charge on any atom is 0.397 e. The Morgan fingerprint density at radius 2 is 1.48 bits per heavy atom. The number of thioether (sulfide) groups is 1. The normalized spacial score (nSPS) is 23.9. The van der Waals surface area contributed by atoms with Crippen molar-refractivity contribution in [3.63, 3.8) is 0 Å². The molecule has 25 heavy (non-hydrogen) atoms. The van der Waals surface area contributed by atoms with E-state index in [9.17, 15) is 22.8 Å². The van der Waals surface area contributed by atoms with Crippen molar-refractivity contribution in [2.24, 2.45) is 11.8 Å². The molecule has 2 aliphatic rings. The van der Waals surface area contributed by atoms with Gasteiger partial charge in [-0.3, -0.25) is 14.5 Å². The van der Waals surface area contributed by atoms with Gasteiger partial charge in [0.15, 0.2) is 0 Å². The molecule has 3 nitrogen and oxygen atoms in total. The van der Waals surface area contributed by atoms with Gasteiger partial charge < -0.3 is 0 Å². The van der Waals surface area contributed by atoms with Crippen LogP contribution in [0.4, 0.5) is 13.2 Å². The molecule has 1 fully saturated rings. The summed E-state index contributed by atoms with van der Waals surface area (Å²) in [6, 6.07) is 6.84. The lowest BCUT2D eigenvalue weighted by Crippen LogP contribution is -2.36. The van der Waals surface area contributed by atoms with Crippen LogP contribution < -0.4 is 0 Å². The van der Waals surface area contributed by atoms with E-state index in [2.05, 4.69) is 0 Å². The Morgan fingerprint density at radius 1 is 0.960 bits per heavy atom. The van der Waals surface area contributed by atoms with E-state index in [4.69, 9.17) is 0 Å². The maximum atomic E-state index is 12.4. The predicted molar refractivity (Wildman–Crippen MR) is 90.6 cm³/mol. The van der Waals surface area contributed by atoms with Crippen molar-refractivity contribution in [2.45, 2.75) is 31.9 Å². The molecule has 1 saturated carbocycles. The van der Waals surface area contributed by atoms with Gasteiger partial charge in [-0.1, -0.05) is 12.1 Å². The minimum atomic E-state index is -4.10. The second-order valence-corrected chi connectivity index (χ2v) is 7.81. The number of halogens is 3. The molecule has 7 heteroatoms. The predicted octanol–water partition coefficient (Wildman–Crippen LogP) is 4.38. The molecule has 1 heterocycles. The second kappa shape index (κ2) is 7.40. The Morgan fingerprint density at radius 3 is 2.00 bits per heavy atom. The summed E-state index contributed by atoms with van der Waals surface area (Å²) in [5.41, 5.74) is 0.925. The van der Waals surface area contributed by atoms with Crippen LogP contribution in [0.3, 0.4) is 0 Å². The zero-order valence-electron chi connectivity index (χ0n) is 13.7. The lowest BCUT2D eigenvalue weighted by molar-refractivity contribution is -0.105. The number of hydrogen-bond donors (Lipinski definition) is 0. The average molecular weight is 371 g/mol. The zero-order valence-corrected chi connectivity index (χ0v) is 14.5. The summed E-state index contributed by atoms with van der Waals surface area (Å²) in [7, 11) is 0. The van der Waals surface area contributed by atoms with Crippen LogP contribution in [0.15, 0.2) is 24.3 Å². The molecule has 0 radical (unpaired) electrons. The molecule has 0 saturated heterocycles. The molecular weight excluding hydrogens is 351 g/mol. The minimum Gasteiger partial charge on any atom is -0.274 e. The van der Waals surface area contributed by atoms with Crippen molar-refractivity contribution in [3.05, 3.63) is 35.4 Å². The molecule has 1 aliphatic carbocycles. The number of alkyl halides is 3. The van der Waals surface area contributed by atoms with E-state index in [1.165, 1.54) is 4.90 Å². The van der Waals surface area contributed by atoms with Crippen LogP contribution in [0.1, 0.15) is 46.4 Å². The van der Waals surface area contributed by atoms with Gasteiger partial charge in [0.1, 0.15) is 0 Å². The van der Waals surface area contributed by atoms with Crippen LogP contribution in [-0.4, -0.2) is 40.9 Å². The highest BCUT2D eigenvalue weighted by atomic mass is 32.2. The Labute approximate surface area is 149 Å². The fourth-order valence-corrected chi connectivity index (χ4v) is 4.60. The molecule has 0 atom stereocenters. The van der Waals surface area contributed by atoms with E-state index in [-0.39, 0.29) is 17.7 Å². The quantitative estimate of drug-likeness (QED) is 0.721. The van der Waals surface area contributed by atoms with Crippen LogP contribution in [0.2, 0.25) is 0 Å². The lowest BCUT2D eigenvalue weighted by Gasteiger charge is -2.30. The highest BCUT2D eigenvalue weighted by molar-refractivity contribution is 7.99. The zero-order chi connectivity index (χ0) is 18.0. The summed E-state index contributed by atoms with van der Waals surface area (Å²) in [4.78, 5) is 26.1. The van der Waals surface area contributed by atoms with E-state index in [0.717, 1.165) is 37.4 Å². The number of carbonyl (C=O) groups is 2. The first-order valence-electron chi connectivity index (χ1n) is 8.45. The van der Waals surface area contributed by atoms with Crippen LogP contribution in [0.25, 0.3) is 0 Å². The van der Waals surface area contributed by atoms with Gasteiger partial charge in [-0.25, -0.2) is 0 Å². The van der Waals surface area contributed by atoms with E-state index in [1.807, 2.05) is 0 Å². The number of carbonyl (C=O) groups excluding carboxylic acids is 2. The third-order valence-electron chi connectivity index (χ3n) is 4.90. The number of imide groups is 1. The summed E-state index contributed by atoms with van der Waals surface area (Å²) in [5.74, 6) is -0.190. The Kier molecular flexibility index (Phi) is 5.41. The number of fused-ring (bicyclic) bond motifs is 1. The molecule has 1 aromatic rings. The number of hydrogen-bond acceptors (Lipinski definition) is 3. The summed E-state index contributed by atoms with van der Waals surface area (Å²) in [6.45, 7) is 0.411. The van der Waals surface area contributed by atoms with Crippen molar-refractivity contribution in [2.75, 3.05) is 18.1 Å². The molecule has 2 amide bonds. The molecular formula is C18H20F3NO2S. The number of nitrogens with zero attached hydrogens (tertiary/aromatic N) is 1. The van der Waals surface area contributed by atoms with Gasteiger partial charge in [0.2, 0.25) is 0 Å². The Bertz CT molecular complexity index is 619. The standard InChI is InChI=1S/C18H20F3NO2S/c19-18(20,21)11-25-10-13-7-5-12(6-8-13)9-22-16(23)14-3-1-2-4-15(14)17(22)24/h1-4,12-13H,5-11H2. The first-order chi connectivity index (χ1) is 11.8. The molecule has 0 spiro atoms. The molecule has 1 aliphatic heterocycles. The van der Waals surface area contributed by atoms with Crippen LogP contribution in [0, 0.1) is 11.8 Å². The number of benzene rings is 1. The smallest absolute Gasteiger partial charge is 0.274 e. The topological polar surface area (TPSA) is 37.4 Å². The van der Waals surface area contributed by atoms with Crippen LogP contribution >= 0.6 is 11.8 Å². The van der Waals surface area contributed by atoms with Gasteiger partial charge in [0.05, 0.1) is 16.9 Å². The highest BCUT2D eigenvalue weighted by Gasteiger charge is 2.37. The van der Waals surface area contributed by atoms with Gasteiger partial charge in [-0.05, 0) is 55.4 Å². The SMILES string of the molecule is O=C1c2ccccc2C(=O)N1CC1CCC(CSCC(F)(F)F)CC1. The Hall–Kier alpha value is -1.50. The molecule has 1 aromatic carbocycles. The van der Waals surface area contributed by atoms with Crippen molar-refractivity contribution in [1.82, 2.24) is 4.90 Å². The largest absolute Gasteiger partial charge is 0.397 e. The third-order valence-corrected chi connectivity index (χ3v) is 6.14. The van der Waals surface area contributed by atoms with E-state index < -0.39 is 11.9 Å². The maximum absolute atomic E-state index is 12.4. The number of amides is 2. The van der Waals surface area contributed by atoms with E-state index in [1.54, 1.807) is 24.3 Å². The van der Waals surface area contributed by atoms with Gasteiger partial charge >= 0.3 is 6.18 Å². The fraction of sp³-hybridized carbons (Fsp3) is 0.556. The average Bonchev–Trinajstić information content (AvgIpc) is 2.81. The molecule has 0 bridgehead atoms. The first-order valence-corrected chi connectivity index (χ1v) is 9.60. The van der Waals surface area contributed by atoms with Gasteiger partial charge in [0.25, 0.3) is 11.8 Å². The first kappa shape index (κ1) is 18.3. The summed E-state index contributed by atoms with van der Waals surface area (Å²) in [5, 5.41) is 0. The van der Waals surface area contributed by atoms with E-state index >= 15 is 0 Å². The van der Waals surface area contributed by atoms with E-state index in [0.29, 0.717) is 29.3 Å². The second-order valence-electron chi connectivity index (χ2n) is 6.78. The van der Waals surface area contributed by atoms with Gasteiger partial charge in [0, 0.05) is 6.54 Å². The molecule has 3 rings (SSSR count). The molecule has 136 valence electrons. The summed E-state index contributed by atoms with van der Waals surface area (Å²) in [6.07, 6.45) is -0.681. The van der Waals surface area contributed by atoms with Crippen molar-refractivity contribution in [1.29, 1.82) is 0 Å². The summed E-state index contributed by atoms with van der Waals surface area (Å²) < 4.78 is 36.6. The molecule has 0 aromatic heterocycles. The third kappa shape index (κ3) is 4.37. The van der Waals surface area contributed by atoms with Crippen molar-refractivity contribution in [3.8, 4) is 0 Å². The highest BCUT2D eigenvalue weighted by Crippen LogP contribution is 2.34. The van der Waals surface area contributed by atoms with Crippen LogP contribution in [-0.2, 0) is 0 Å². The van der Waals surface area contributed by atoms with Crippen molar-refractivity contribution >= 4 is 23.6 Å². The van der Waals surface area contributed by atoms with Gasteiger partial charge in [-0.15, -0.1) is 0 Å². The fourth-order valence-electron chi connectivity index (χ4n) is 3.59. The van der Waals surface area contributed by atoms with Crippen molar-refractivity contribution < 1.29 is 22.8 Å². The summed E-state index contributed by atoms with van der Waals surface area (Å²) >= 11 is 0.950.